The van der Waals surface area contributed by atoms with Crippen LogP contribution in [0, 0.1) is 5.82 Å². The van der Waals surface area contributed by atoms with Crippen molar-refractivity contribution in [2.45, 2.75) is 13.0 Å². The van der Waals surface area contributed by atoms with E-state index in [0.717, 1.165) is 12.2 Å². The van der Waals surface area contributed by atoms with Crippen molar-refractivity contribution in [3.8, 4) is 0 Å². The molecule has 3 N–H and O–H groups in total. The van der Waals surface area contributed by atoms with E-state index < -0.39 is 29.8 Å². The second kappa shape index (κ2) is 7.39. The fourth-order valence-electron chi connectivity index (χ4n) is 1.31. The van der Waals surface area contributed by atoms with Crippen molar-refractivity contribution in [3.63, 3.8) is 0 Å². The summed E-state index contributed by atoms with van der Waals surface area (Å²) in [4.78, 5) is 33.2. The molecule has 0 radical (unpaired) electrons. The molecule has 6 nitrogen and oxygen atoms in total. The summed E-state index contributed by atoms with van der Waals surface area (Å²) in [6, 6.07) is 3.00. The number of benzene rings is 1. The minimum atomic E-state index is -1.23. The highest BCUT2D eigenvalue weighted by molar-refractivity contribution is 6.32. The van der Waals surface area contributed by atoms with Gasteiger partial charge in [-0.1, -0.05) is 17.7 Å². The molecule has 0 aliphatic heterocycles. The van der Waals surface area contributed by atoms with Gasteiger partial charge in [-0.15, -0.1) is 0 Å². The smallest absolute Gasteiger partial charge is 0.331 e. The number of carbonyl (C=O) groups is 3. The SMILES string of the molecule is C[C@H](OC(=O)/C=C/c1c(F)cccc1Cl)C(=O)NC(N)=O. The molecule has 0 aromatic heterocycles. The van der Waals surface area contributed by atoms with Crippen molar-refractivity contribution >= 4 is 35.6 Å². The molecule has 8 heteroatoms. The molecule has 1 atom stereocenters. The molecule has 0 bridgehead atoms. The van der Waals surface area contributed by atoms with Crippen LogP contribution < -0.4 is 11.1 Å². The monoisotopic (exact) mass is 314 g/mol. The van der Waals surface area contributed by atoms with Gasteiger partial charge in [0.1, 0.15) is 5.82 Å². The number of primary amides is 1. The maximum atomic E-state index is 13.4. The second-order valence-electron chi connectivity index (χ2n) is 3.90. The third-order valence-electron chi connectivity index (χ3n) is 2.29. The van der Waals surface area contributed by atoms with E-state index >= 15 is 0 Å². The quantitative estimate of drug-likeness (QED) is 0.651. The number of rotatable bonds is 4. The summed E-state index contributed by atoms with van der Waals surface area (Å²) >= 11 is 5.77. The Labute approximate surface area is 124 Å². The highest BCUT2D eigenvalue weighted by Gasteiger charge is 2.17. The van der Waals surface area contributed by atoms with Crippen LogP contribution in [0.5, 0.6) is 0 Å². The van der Waals surface area contributed by atoms with Crippen LogP contribution in [0.25, 0.3) is 6.08 Å². The molecule has 0 aliphatic carbocycles. The summed E-state index contributed by atoms with van der Waals surface area (Å²) in [5, 5.41) is 1.88. The van der Waals surface area contributed by atoms with Gasteiger partial charge in [0.2, 0.25) is 0 Å². The summed E-state index contributed by atoms with van der Waals surface area (Å²) in [5.74, 6) is -2.37. The Kier molecular flexibility index (Phi) is 5.86. The van der Waals surface area contributed by atoms with Gasteiger partial charge >= 0.3 is 12.0 Å². The first-order valence-corrected chi connectivity index (χ1v) is 6.12. The number of carbonyl (C=O) groups excluding carboxylic acids is 3. The first kappa shape index (κ1) is 16.6. The lowest BCUT2D eigenvalue weighted by Crippen LogP contribution is -2.42. The summed E-state index contributed by atoms with van der Waals surface area (Å²) in [7, 11) is 0. The summed E-state index contributed by atoms with van der Waals surface area (Å²) in [6.45, 7) is 1.25. The summed E-state index contributed by atoms with van der Waals surface area (Å²) in [5.41, 5.74) is 4.77. The molecule has 0 unspecified atom stereocenters. The van der Waals surface area contributed by atoms with E-state index in [-0.39, 0.29) is 10.6 Å². The predicted molar refractivity (Wildman–Crippen MR) is 73.7 cm³/mol. The molecule has 1 rings (SSSR count). The van der Waals surface area contributed by atoms with E-state index in [1.165, 1.54) is 25.1 Å². The molecule has 21 heavy (non-hydrogen) atoms. The number of esters is 1. The topological polar surface area (TPSA) is 98.5 Å². The van der Waals surface area contributed by atoms with Gasteiger partial charge in [0, 0.05) is 11.6 Å². The normalized spacial score (nSPS) is 12.0. The van der Waals surface area contributed by atoms with Gasteiger partial charge in [-0.3, -0.25) is 10.1 Å². The van der Waals surface area contributed by atoms with Crippen LogP contribution in [0.2, 0.25) is 5.02 Å². The molecule has 1 aromatic rings. The Morgan fingerprint density at radius 1 is 1.43 bits per heavy atom. The van der Waals surface area contributed by atoms with E-state index in [1.54, 1.807) is 5.32 Å². The Morgan fingerprint density at radius 2 is 2.10 bits per heavy atom. The van der Waals surface area contributed by atoms with Crippen LogP contribution in [0.4, 0.5) is 9.18 Å². The maximum Gasteiger partial charge on any atom is 0.331 e. The van der Waals surface area contributed by atoms with Gasteiger partial charge in [0.05, 0.1) is 5.02 Å². The molecule has 0 fully saturated rings. The predicted octanol–water partition coefficient (Wildman–Crippen LogP) is 1.62. The molecule has 3 amide bonds. The average molecular weight is 315 g/mol. The van der Waals surface area contributed by atoms with Gasteiger partial charge < -0.3 is 10.5 Å². The lowest BCUT2D eigenvalue weighted by Gasteiger charge is -2.10. The Bertz CT molecular complexity index is 584. The van der Waals surface area contributed by atoms with Crippen LogP contribution in [-0.4, -0.2) is 24.0 Å². The number of halogens is 2. The lowest BCUT2D eigenvalue weighted by molar-refractivity contribution is -0.149. The number of amides is 3. The molecule has 0 aliphatic rings. The van der Waals surface area contributed by atoms with E-state index in [0.29, 0.717) is 0 Å². The first-order valence-electron chi connectivity index (χ1n) is 5.74. The molecule has 0 spiro atoms. The van der Waals surface area contributed by atoms with Crippen molar-refractivity contribution in [3.05, 3.63) is 40.7 Å². The molecule has 1 aromatic carbocycles. The van der Waals surface area contributed by atoms with E-state index in [9.17, 15) is 18.8 Å². The third kappa shape index (κ3) is 5.23. The van der Waals surface area contributed by atoms with E-state index in [1.807, 2.05) is 0 Å². The van der Waals surface area contributed by atoms with Gasteiger partial charge in [-0.2, -0.15) is 0 Å². The zero-order chi connectivity index (χ0) is 16.0. The van der Waals surface area contributed by atoms with Crippen LogP contribution in [-0.2, 0) is 14.3 Å². The lowest BCUT2D eigenvalue weighted by atomic mass is 10.2. The Balaban J connectivity index is 2.67. The van der Waals surface area contributed by atoms with Crippen molar-refractivity contribution < 1.29 is 23.5 Å². The molecule has 0 saturated carbocycles. The van der Waals surface area contributed by atoms with Gasteiger partial charge in [0.25, 0.3) is 5.91 Å². The maximum absolute atomic E-state index is 13.4. The van der Waals surface area contributed by atoms with Gasteiger partial charge in [0.15, 0.2) is 6.10 Å². The molecular formula is C13H12ClFN2O4. The fraction of sp³-hybridized carbons (Fsp3) is 0.154. The van der Waals surface area contributed by atoms with Gasteiger partial charge in [-0.05, 0) is 25.1 Å². The minimum Gasteiger partial charge on any atom is -0.449 e. The zero-order valence-electron chi connectivity index (χ0n) is 10.9. The van der Waals surface area contributed by atoms with Crippen LogP contribution in [0.1, 0.15) is 12.5 Å². The molecular weight excluding hydrogens is 303 g/mol. The van der Waals surface area contributed by atoms with Crippen LogP contribution >= 0.6 is 11.6 Å². The highest BCUT2D eigenvalue weighted by Crippen LogP contribution is 2.20. The highest BCUT2D eigenvalue weighted by atomic mass is 35.5. The summed E-state index contributed by atoms with van der Waals surface area (Å²) < 4.78 is 18.1. The van der Waals surface area contributed by atoms with Crippen LogP contribution in [0.3, 0.4) is 0 Å². The van der Waals surface area contributed by atoms with Crippen LogP contribution in [0.15, 0.2) is 24.3 Å². The van der Waals surface area contributed by atoms with Crippen molar-refractivity contribution in [1.29, 1.82) is 0 Å². The number of imide groups is 1. The molecule has 0 saturated heterocycles. The molecule has 112 valence electrons. The number of nitrogens with one attached hydrogen (secondary N) is 1. The van der Waals surface area contributed by atoms with Crippen molar-refractivity contribution in [1.82, 2.24) is 5.32 Å². The largest absolute Gasteiger partial charge is 0.449 e. The molecule has 0 heterocycles. The third-order valence-corrected chi connectivity index (χ3v) is 2.62. The Morgan fingerprint density at radius 3 is 2.67 bits per heavy atom. The first-order chi connectivity index (χ1) is 9.81. The summed E-state index contributed by atoms with van der Waals surface area (Å²) in [6.07, 6.45) is 0.808. The van der Waals surface area contributed by atoms with E-state index in [2.05, 4.69) is 0 Å². The zero-order valence-corrected chi connectivity index (χ0v) is 11.7. The van der Waals surface area contributed by atoms with Crippen molar-refractivity contribution in [2.24, 2.45) is 5.73 Å². The number of hydrogen-bond donors (Lipinski definition) is 2. The van der Waals surface area contributed by atoms with Gasteiger partial charge in [-0.25, -0.2) is 14.0 Å². The fourth-order valence-corrected chi connectivity index (χ4v) is 1.54. The van der Waals surface area contributed by atoms with Crippen molar-refractivity contribution in [2.75, 3.05) is 0 Å². The number of hydrogen-bond acceptors (Lipinski definition) is 4. The van der Waals surface area contributed by atoms with E-state index in [4.69, 9.17) is 22.1 Å². The average Bonchev–Trinajstić information content (AvgIpc) is 2.37. The Hall–Kier alpha value is -2.41. The minimum absolute atomic E-state index is 0.0188. The number of ether oxygens (including phenoxy) is 1. The second-order valence-corrected chi connectivity index (χ2v) is 4.31. The number of urea groups is 1. The number of nitrogens with two attached hydrogens (primary N) is 1. The standard InChI is InChI=1S/C13H12ClFN2O4/c1-7(12(19)17-13(16)20)21-11(18)6-5-8-9(14)3-2-4-10(8)15/h2-7H,1H3,(H3,16,17,19,20)/b6-5+/t7-/m0/s1.